The van der Waals surface area contributed by atoms with Gasteiger partial charge in [0.05, 0.1) is 18.2 Å². The second kappa shape index (κ2) is 7.81. The van der Waals surface area contributed by atoms with Crippen LogP contribution in [0.1, 0.15) is 18.4 Å². The molecule has 0 radical (unpaired) electrons. The molecule has 2 fully saturated rings. The summed E-state index contributed by atoms with van der Waals surface area (Å²) in [7, 11) is 1.68. The number of benzene rings is 1. The molecule has 2 saturated heterocycles. The molecule has 4 heterocycles. The van der Waals surface area contributed by atoms with Crippen molar-refractivity contribution in [2.24, 2.45) is 5.41 Å². The number of likely N-dealkylation sites (tertiary alicyclic amines) is 2. The Kier molecular flexibility index (Phi) is 5.00. The molecule has 0 aliphatic carbocycles. The lowest BCUT2D eigenvalue weighted by Gasteiger charge is -2.23. The summed E-state index contributed by atoms with van der Waals surface area (Å²) >= 11 is 0. The molecule has 1 atom stereocenters. The van der Waals surface area contributed by atoms with E-state index < -0.39 is 0 Å². The highest BCUT2D eigenvalue weighted by Gasteiger charge is 2.50. The summed E-state index contributed by atoms with van der Waals surface area (Å²) in [5.41, 5.74) is 3.92. The number of rotatable bonds is 6. The molecular formula is C23H27N5O2. The minimum absolute atomic E-state index is 0.211. The molecule has 1 unspecified atom stereocenters. The molecule has 0 N–H and O–H groups in total. The van der Waals surface area contributed by atoms with Crippen molar-refractivity contribution in [3.05, 3.63) is 54.5 Å². The fourth-order valence-corrected chi connectivity index (χ4v) is 4.85. The summed E-state index contributed by atoms with van der Waals surface area (Å²) in [5.74, 6) is 0.301. The summed E-state index contributed by atoms with van der Waals surface area (Å²) < 4.78 is 7.01. The van der Waals surface area contributed by atoms with Gasteiger partial charge in [-0.25, -0.2) is 9.50 Å². The van der Waals surface area contributed by atoms with Crippen molar-refractivity contribution in [1.29, 1.82) is 0 Å². The first kappa shape index (κ1) is 19.2. The summed E-state index contributed by atoms with van der Waals surface area (Å²) in [6.07, 6.45) is 7.75. The first-order chi connectivity index (χ1) is 14.7. The summed E-state index contributed by atoms with van der Waals surface area (Å²) in [4.78, 5) is 22.0. The number of hydrogen-bond donors (Lipinski definition) is 0. The third-order valence-corrected chi connectivity index (χ3v) is 6.50. The van der Waals surface area contributed by atoms with E-state index >= 15 is 0 Å². The van der Waals surface area contributed by atoms with Crippen LogP contribution in [-0.2, 0) is 16.1 Å². The Labute approximate surface area is 176 Å². The smallest absolute Gasteiger partial charge is 0.230 e. The number of ether oxygens (including phenoxy) is 1. The number of methoxy groups -OCH3 is 1. The molecule has 2 aliphatic heterocycles. The van der Waals surface area contributed by atoms with Crippen molar-refractivity contribution in [2.45, 2.75) is 19.4 Å². The lowest BCUT2D eigenvalue weighted by atomic mass is 9.85. The van der Waals surface area contributed by atoms with E-state index in [0.717, 1.165) is 61.4 Å². The molecule has 5 rings (SSSR count). The highest BCUT2D eigenvalue weighted by molar-refractivity contribution is 5.85. The average molecular weight is 406 g/mol. The molecule has 7 heteroatoms. The second-order valence-corrected chi connectivity index (χ2v) is 8.43. The zero-order valence-electron chi connectivity index (χ0n) is 17.3. The van der Waals surface area contributed by atoms with Gasteiger partial charge in [0.15, 0.2) is 5.65 Å². The van der Waals surface area contributed by atoms with Crippen LogP contribution in [0.3, 0.4) is 0 Å². The van der Waals surface area contributed by atoms with Gasteiger partial charge in [0.1, 0.15) is 0 Å². The Balaban J connectivity index is 1.28. The predicted molar refractivity (Wildman–Crippen MR) is 114 cm³/mol. The maximum Gasteiger partial charge on any atom is 0.230 e. The molecular weight excluding hydrogens is 378 g/mol. The van der Waals surface area contributed by atoms with E-state index in [1.54, 1.807) is 7.11 Å². The third-order valence-electron chi connectivity index (χ3n) is 6.50. The molecule has 1 aromatic carbocycles. The molecule has 2 aliphatic rings. The number of fused-ring (bicyclic) bond motifs is 1. The maximum absolute atomic E-state index is 13.0. The molecule has 2 aromatic heterocycles. The molecule has 0 saturated carbocycles. The summed E-state index contributed by atoms with van der Waals surface area (Å²) in [5, 5.41) is 4.51. The highest BCUT2D eigenvalue weighted by Crippen LogP contribution is 2.41. The van der Waals surface area contributed by atoms with Gasteiger partial charge in [-0.3, -0.25) is 9.69 Å². The molecule has 156 valence electrons. The van der Waals surface area contributed by atoms with Crippen molar-refractivity contribution in [3.63, 3.8) is 0 Å². The van der Waals surface area contributed by atoms with E-state index in [-0.39, 0.29) is 5.41 Å². The first-order valence-corrected chi connectivity index (χ1v) is 10.6. The Hall–Kier alpha value is -2.77. The van der Waals surface area contributed by atoms with Gasteiger partial charge in [0.25, 0.3) is 0 Å². The Morgan fingerprint density at radius 1 is 1.13 bits per heavy atom. The first-order valence-electron chi connectivity index (χ1n) is 10.6. The van der Waals surface area contributed by atoms with Crippen LogP contribution < -0.4 is 0 Å². The zero-order chi connectivity index (χ0) is 20.6. The van der Waals surface area contributed by atoms with Crippen molar-refractivity contribution in [3.8, 4) is 11.1 Å². The van der Waals surface area contributed by atoms with Crippen molar-refractivity contribution in [1.82, 2.24) is 24.4 Å². The van der Waals surface area contributed by atoms with E-state index in [1.165, 1.54) is 0 Å². The molecule has 0 bridgehead atoms. The van der Waals surface area contributed by atoms with Crippen LogP contribution in [0.5, 0.6) is 0 Å². The zero-order valence-corrected chi connectivity index (χ0v) is 17.3. The normalized spacial score (nSPS) is 22.0. The van der Waals surface area contributed by atoms with Crippen LogP contribution in [0.2, 0.25) is 0 Å². The topological polar surface area (TPSA) is 63.0 Å². The third kappa shape index (κ3) is 3.38. The van der Waals surface area contributed by atoms with E-state index in [4.69, 9.17) is 9.72 Å². The number of carbonyl (C=O) groups excluding carboxylic acids is 1. The fourth-order valence-electron chi connectivity index (χ4n) is 4.85. The monoisotopic (exact) mass is 405 g/mol. The maximum atomic E-state index is 13.0. The predicted octanol–water partition coefficient (Wildman–Crippen LogP) is 2.47. The van der Waals surface area contributed by atoms with Crippen molar-refractivity contribution in [2.75, 3.05) is 39.9 Å². The lowest BCUT2D eigenvalue weighted by Crippen LogP contribution is -2.38. The SMILES string of the molecule is COCCN1CCC2(CCN(Cc3cnc4c(-c5ccccc5)cnn4c3)C2)C1=O. The van der Waals surface area contributed by atoms with E-state index in [0.29, 0.717) is 19.1 Å². The molecule has 1 amide bonds. The van der Waals surface area contributed by atoms with E-state index in [2.05, 4.69) is 28.3 Å². The summed E-state index contributed by atoms with van der Waals surface area (Å²) in [6, 6.07) is 10.2. The highest BCUT2D eigenvalue weighted by atomic mass is 16.5. The van der Waals surface area contributed by atoms with Crippen molar-refractivity contribution >= 4 is 11.6 Å². The minimum Gasteiger partial charge on any atom is -0.383 e. The van der Waals surface area contributed by atoms with E-state index in [9.17, 15) is 4.79 Å². The van der Waals surface area contributed by atoms with Crippen LogP contribution in [0.15, 0.2) is 48.9 Å². The van der Waals surface area contributed by atoms with Gasteiger partial charge in [-0.15, -0.1) is 0 Å². The quantitative estimate of drug-likeness (QED) is 0.630. The van der Waals surface area contributed by atoms with Crippen LogP contribution in [0.4, 0.5) is 0 Å². The number of nitrogens with zero attached hydrogens (tertiary/aromatic N) is 5. The lowest BCUT2D eigenvalue weighted by molar-refractivity contribution is -0.136. The van der Waals surface area contributed by atoms with Gasteiger partial charge in [-0.1, -0.05) is 30.3 Å². The van der Waals surface area contributed by atoms with Gasteiger partial charge >= 0.3 is 0 Å². The largest absolute Gasteiger partial charge is 0.383 e. The Morgan fingerprint density at radius 3 is 2.80 bits per heavy atom. The fraction of sp³-hybridized carbons (Fsp3) is 0.435. The van der Waals surface area contributed by atoms with Crippen LogP contribution in [0.25, 0.3) is 16.8 Å². The van der Waals surface area contributed by atoms with Crippen LogP contribution >= 0.6 is 0 Å². The second-order valence-electron chi connectivity index (χ2n) is 8.43. The van der Waals surface area contributed by atoms with Gasteiger partial charge in [0.2, 0.25) is 5.91 Å². The van der Waals surface area contributed by atoms with Crippen LogP contribution in [0, 0.1) is 5.41 Å². The number of hydrogen-bond acceptors (Lipinski definition) is 5. The molecule has 1 spiro atoms. The number of carbonyl (C=O) groups is 1. The van der Waals surface area contributed by atoms with Gasteiger partial charge < -0.3 is 9.64 Å². The van der Waals surface area contributed by atoms with Crippen LogP contribution in [-0.4, -0.2) is 70.2 Å². The Bertz CT molecular complexity index is 1050. The Morgan fingerprint density at radius 2 is 1.97 bits per heavy atom. The standard InChI is InChI=1S/C23H27N5O2/c1-30-12-11-27-10-8-23(22(27)29)7-9-26(17-23)15-18-13-24-21-20(14-25-28(21)16-18)19-5-3-2-4-6-19/h2-6,13-14,16H,7-12,15,17H2,1H3. The van der Waals surface area contributed by atoms with Gasteiger partial charge in [-0.05, 0) is 24.9 Å². The summed E-state index contributed by atoms with van der Waals surface area (Å²) in [6.45, 7) is 4.69. The minimum atomic E-state index is -0.211. The average Bonchev–Trinajstić information content (AvgIpc) is 3.46. The molecule has 3 aromatic rings. The molecule has 7 nitrogen and oxygen atoms in total. The number of amides is 1. The molecule has 30 heavy (non-hydrogen) atoms. The van der Waals surface area contributed by atoms with E-state index in [1.807, 2.05) is 40.0 Å². The van der Waals surface area contributed by atoms with Gasteiger partial charge in [-0.2, -0.15) is 5.10 Å². The van der Waals surface area contributed by atoms with Gasteiger partial charge in [0, 0.05) is 56.8 Å². The van der Waals surface area contributed by atoms with Crippen molar-refractivity contribution < 1.29 is 9.53 Å². The number of aromatic nitrogens is 3.